The zero-order valence-corrected chi connectivity index (χ0v) is 10.8. The zero-order chi connectivity index (χ0) is 12.8. The third kappa shape index (κ3) is 3.82. The standard InChI is InChI=1S/C13H21N3O/c1-4-12(14)13(17)16(10(2)3)9-11-6-5-7-15-8-11/h5-8,10,12H,4,9,14H2,1-3H3. The highest BCUT2D eigenvalue weighted by molar-refractivity contribution is 5.81. The number of hydrogen-bond acceptors (Lipinski definition) is 3. The summed E-state index contributed by atoms with van der Waals surface area (Å²) < 4.78 is 0. The van der Waals surface area contributed by atoms with E-state index in [1.54, 1.807) is 17.3 Å². The molecule has 1 unspecified atom stereocenters. The maximum atomic E-state index is 12.1. The van der Waals surface area contributed by atoms with E-state index >= 15 is 0 Å². The largest absolute Gasteiger partial charge is 0.335 e. The minimum Gasteiger partial charge on any atom is -0.335 e. The average Bonchev–Trinajstić information content (AvgIpc) is 2.35. The second kappa shape index (κ2) is 6.35. The summed E-state index contributed by atoms with van der Waals surface area (Å²) in [5.74, 6) is 0.00588. The first kappa shape index (κ1) is 13.6. The van der Waals surface area contributed by atoms with Crippen LogP contribution < -0.4 is 5.73 Å². The summed E-state index contributed by atoms with van der Waals surface area (Å²) in [4.78, 5) is 17.9. The Morgan fingerprint density at radius 2 is 2.24 bits per heavy atom. The number of carbonyl (C=O) groups is 1. The van der Waals surface area contributed by atoms with Crippen molar-refractivity contribution < 1.29 is 4.79 Å². The van der Waals surface area contributed by atoms with Crippen LogP contribution in [-0.2, 0) is 11.3 Å². The van der Waals surface area contributed by atoms with Gasteiger partial charge in [0.25, 0.3) is 0 Å². The monoisotopic (exact) mass is 235 g/mol. The maximum absolute atomic E-state index is 12.1. The smallest absolute Gasteiger partial charge is 0.240 e. The van der Waals surface area contributed by atoms with Gasteiger partial charge >= 0.3 is 0 Å². The van der Waals surface area contributed by atoms with Crippen molar-refractivity contribution in [2.24, 2.45) is 5.73 Å². The molecular formula is C13H21N3O. The van der Waals surface area contributed by atoms with Crippen LogP contribution in [0, 0.1) is 0 Å². The Balaban J connectivity index is 2.77. The molecule has 1 heterocycles. The molecule has 0 bridgehead atoms. The van der Waals surface area contributed by atoms with Gasteiger partial charge in [-0.3, -0.25) is 9.78 Å². The Kier molecular flexibility index (Phi) is 5.10. The van der Waals surface area contributed by atoms with E-state index < -0.39 is 6.04 Å². The summed E-state index contributed by atoms with van der Waals surface area (Å²) in [5.41, 5.74) is 6.83. The quantitative estimate of drug-likeness (QED) is 0.842. The molecule has 0 saturated heterocycles. The van der Waals surface area contributed by atoms with Gasteiger partial charge in [0.2, 0.25) is 5.91 Å². The van der Waals surface area contributed by atoms with Crippen LogP contribution in [0.15, 0.2) is 24.5 Å². The lowest BCUT2D eigenvalue weighted by atomic mass is 10.1. The van der Waals surface area contributed by atoms with Gasteiger partial charge in [-0.2, -0.15) is 0 Å². The fourth-order valence-corrected chi connectivity index (χ4v) is 1.59. The topological polar surface area (TPSA) is 59.2 Å². The molecule has 17 heavy (non-hydrogen) atoms. The Hall–Kier alpha value is -1.42. The molecule has 1 aromatic rings. The first-order valence-corrected chi connectivity index (χ1v) is 6.01. The third-order valence-corrected chi connectivity index (χ3v) is 2.74. The van der Waals surface area contributed by atoms with Gasteiger partial charge in [-0.15, -0.1) is 0 Å². The van der Waals surface area contributed by atoms with Crippen molar-refractivity contribution in [3.63, 3.8) is 0 Å². The van der Waals surface area contributed by atoms with Crippen LogP contribution in [0.25, 0.3) is 0 Å². The summed E-state index contributed by atoms with van der Waals surface area (Å²) in [6, 6.07) is 3.57. The number of carbonyl (C=O) groups excluding carboxylic acids is 1. The molecular weight excluding hydrogens is 214 g/mol. The summed E-state index contributed by atoms with van der Waals surface area (Å²) in [7, 11) is 0. The molecule has 0 radical (unpaired) electrons. The van der Waals surface area contributed by atoms with Crippen molar-refractivity contribution in [2.75, 3.05) is 0 Å². The van der Waals surface area contributed by atoms with Crippen LogP contribution in [0.4, 0.5) is 0 Å². The van der Waals surface area contributed by atoms with E-state index in [2.05, 4.69) is 4.98 Å². The molecule has 0 fully saturated rings. The number of nitrogens with zero attached hydrogens (tertiary/aromatic N) is 2. The van der Waals surface area contributed by atoms with Crippen molar-refractivity contribution >= 4 is 5.91 Å². The van der Waals surface area contributed by atoms with Gasteiger partial charge in [0.15, 0.2) is 0 Å². The number of pyridine rings is 1. The van der Waals surface area contributed by atoms with Gasteiger partial charge in [-0.1, -0.05) is 13.0 Å². The van der Waals surface area contributed by atoms with Crippen molar-refractivity contribution in [1.82, 2.24) is 9.88 Å². The maximum Gasteiger partial charge on any atom is 0.240 e. The molecule has 0 aliphatic rings. The molecule has 4 nitrogen and oxygen atoms in total. The van der Waals surface area contributed by atoms with Crippen LogP contribution in [0.1, 0.15) is 32.8 Å². The lowest BCUT2D eigenvalue weighted by Gasteiger charge is -2.29. The van der Waals surface area contributed by atoms with Gasteiger partial charge in [0.05, 0.1) is 6.04 Å². The SMILES string of the molecule is CCC(N)C(=O)N(Cc1cccnc1)C(C)C. The van der Waals surface area contributed by atoms with Gasteiger partial charge < -0.3 is 10.6 Å². The molecule has 0 saturated carbocycles. The van der Waals surface area contributed by atoms with Crippen molar-refractivity contribution in [1.29, 1.82) is 0 Å². The lowest BCUT2D eigenvalue weighted by Crippen LogP contribution is -2.46. The predicted octanol–water partition coefficient (Wildman–Crippen LogP) is 1.56. The fraction of sp³-hybridized carbons (Fsp3) is 0.538. The normalized spacial score (nSPS) is 12.5. The average molecular weight is 235 g/mol. The highest BCUT2D eigenvalue weighted by Crippen LogP contribution is 2.09. The first-order chi connectivity index (χ1) is 8.06. The molecule has 94 valence electrons. The zero-order valence-electron chi connectivity index (χ0n) is 10.8. The van der Waals surface area contributed by atoms with Crippen LogP contribution in [-0.4, -0.2) is 27.9 Å². The van der Waals surface area contributed by atoms with Crippen LogP contribution >= 0.6 is 0 Å². The number of nitrogens with two attached hydrogens (primary N) is 1. The fourth-order valence-electron chi connectivity index (χ4n) is 1.59. The molecule has 1 amide bonds. The third-order valence-electron chi connectivity index (χ3n) is 2.74. The van der Waals surface area contributed by atoms with Crippen LogP contribution in [0.2, 0.25) is 0 Å². The van der Waals surface area contributed by atoms with E-state index in [1.165, 1.54) is 0 Å². The molecule has 1 atom stereocenters. The Morgan fingerprint density at radius 3 is 2.71 bits per heavy atom. The second-order valence-electron chi connectivity index (χ2n) is 4.44. The predicted molar refractivity (Wildman–Crippen MR) is 68.2 cm³/mol. The number of aromatic nitrogens is 1. The van der Waals surface area contributed by atoms with E-state index in [4.69, 9.17) is 5.73 Å². The molecule has 0 spiro atoms. The van der Waals surface area contributed by atoms with E-state index in [0.29, 0.717) is 13.0 Å². The minimum atomic E-state index is -0.408. The first-order valence-electron chi connectivity index (χ1n) is 6.01. The van der Waals surface area contributed by atoms with Crippen molar-refractivity contribution in [3.8, 4) is 0 Å². The summed E-state index contributed by atoms with van der Waals surface area (Å²) in [6.45, 7) is 6.48. The van der Waals surface area contributed by atoms with Gasteiger partial charge in [-0.05, 0) is 31.9 Å². The summed E-state index contributed by atoms with van der Waals surface area (Å²) >= 11 is 0. The Labute approximate surface area is 103 Å². The van der Waals surface area contributed by atoms with E-state index in [9.17, 15) is 4.79 Å². The molecule has 1 rings (SSSR count). The highest BCUT2D eigenvalue weighted by atomic mass is 16.2. The van der Waals surface area contributed by atoms with Crippen molar-refractivity contribution in [3.05, 3.63) is 30.1 Å². The summed E-state index contributed by atoms with van der Waals surface area (Å²) in [5, 5.41) is 0. The molecule has 0 aliphatic carbocycles. The van der Waals surface area contributed by atoms with Crippen molar-refractivity contribution in [2.45, 2.75) is 45.8 Å². The van der Waals surface area contributed by atoms with Gasteiger partial charge in [-0.25, -0.2) is 0 Å². The van der Waals surface area contributed by atoms with Crippen LogP contribution in [0.3, 0.4) is 0 Å². The highest BCUT2D eigenvalue weighted by Gasteiger charge is 2.22. The number of amides is 1. The minimum absolute atomic E-state index is 0.00588. The Bertz CT molecular complexity index is 351. The second-order valence-corrected chi connectivity index (χ2v) is 4.44. The van der Waals surface area contributed by atoms with E-state index in [1.807, 2.05) is 32.9 Å². The van der Waals surface area contributed by atoms with E-state index in [0.717, 1.165) is 5.56 Å². The Morgan fingerprint density at radius 1 is 1.53 bits per heavy atom. The molecule has 2 N–H and O–H groups in total. The molecule has 4 heteroatoms. The number of rotatable bonds is 5. The van der Waals surface area contributed by atoms with E-state index in [-0.39, 0.29) is 11.9 Å². The lowest BCUT2D eigenvalue weighted by molar-refractivity contribution is -0.135. The van der Waals surface area contributed by atoms with Crippen LogP contribution in [0.5, 0.6) is 0 Å². The number of hydrogen-bond donors (Lipinski definition) is 1. The molecule has 1 aromatic heterocycles. The van der Waals surface area contributed by atoms with Gasteiger partial charge in [0, 0.05) is 25.0 Å². The molecule has 0 aliphatic heterocycles. The summed E-state index contributed by atoms with van der Waals surface area (Å²) in [6.07, 6.45) is 4.16. The molecule has 0 aromatic carbocycles. The van der Waals surface area contributed by atoms with Gasteiger partial charge in [0.1, 0.15) is 0 Å².